The first-order valence-corrected chi connectivity index (χ1v) is 7.96. The van der Waals surface area contributed by atoms with Crippen LogP contribution >= 0.6 is 0 Å². The number of rotatable bonds is 4. The second kappa shape index (κ2) is 6.71. The standard InChI is InChI=1S/C20H22N2O/c1-6-7-8-16-9-11-17(12-10-16)20(4)14(2)18(13-21)19(23-20)15(3)22-5/h9-12H,6-8H2,1-4H3/b19-15-. The Bertz CT molecular complexity index is 741. The van der Waals surface area contributed by atoms with Crippen molar-refractivity contribution in [1.29, 1.82) is 5.26 Å². The van der Waals surface area contributed by atoms with Gasteiger partial charge < -0.3 is 4.74 Å². The summed E-state index contributed by atoms with van der Waals surface area (Å²) in [6.07, 6.45) is 3.44. The van der Waals surface area contributed by atoms with E-state index >= 15 is 0 Å². The highest BCUT2D eigenvalue weighted by Crippen LogP contribution is 2.46. The molecule has 1 heterocycles. The van der Waals surface area contributed by atoms with Gasteiger partial charge in [-0.05, 0) is 50.3 Å². The molecule has 23 heavy (non-hydrogen) atoms. The highest BCUT2D eigenvalue weighted by Gasteiger charge is 2.41. The topological polar surface area (TPSA) is 37.4 Å². The normalized spacial score (nSPS) is 22.3. The lowest BCUT2D eigenvalue weighted by atomic mass is 9.87. The first-order chi connectivity index (χ1) is 11.0. The minimum absolute atomic E-state index is 0.414. The average molecular weight is 306 g/mol. The zero-order valence-electron chi connectivity index (χ0n) is 14.2. The molecule has 1 aromatic rings. The highest BCUT2D eigenvalue weighted by molar-refractivity contribution is 5.54. The molecule has 118 valence electrons. The molecule has 2 rings (SSSR count). The van der Waals surface area contributed by atoms with Gasteiger partial charge in [0.25, 0.3) is 0 Å². The Labute approximate surface area is 138 Å². The molecule has 1 unspecified atom stereocenters. The highest BCUT2D eigenvalue weighted by atomic mass is 16.5. The lowest BCUT2D eigenvalue weighted by molar-refractivity contribution is 0.0721. The van der Waals surface area contributed by atoms with E-state index in [-0.39, 0.29) is 0 Å². The smallest absolute Gasteiger partial charge is 0.204 e. The molecule has 0 amide bonds. The molecule has 0 radical (unpaired) electrons. The molecule has 1 atom stereocenters. The number of hydrogen-bond acceptors (Lipinski definition) is 2. The van der Waals surface area contributed by atoms with Gasteiger partial charge in [-0.25, -0.2) is 4.85 Å². The van der Waals surface area contributed by atoms with E-state index in [1.807, 2.05) is 13.8 Å². The van der Waals surface area contributed by atoms with Crippen LogP contribution < -0.4 is 0 Å². The molecule has 3 nitrogen and oxygen atoms in total. The molecule has 0 fully saturated rings. The van der Waals surface area contributed by atoms with E-state index in [1.54, 1.807) is 6.92 Å². The second-order valence-electron chi connectivity index (χ2n) is 6.07. The summed E-state index contributed by atoms with van der Waals surface area (Å²) in [7, 11) is 0. The zero-order valence-corrected chi connectivity index (χ0v) is 14.2. The average Bonchev–Trinajstić information content (AvgIpc) is 2.84. The molecule has 0 saturated carbocycles. The van der Waals surface area contributed by atoms with E-state index in [0.29, 0.717) is 17.0 Å². The van der Waals surface area contributed by atoms with Crippen molar-refractivity contribution in [1.82, 2.24) is 0 Å². The summed E-state index contributed by atoms with van der Waals surface area (Å²) in [5, 5.41) is 9.45. The fourth-order valence-corrected chi connectivity index (χ4v) is 2.83. The fourth-order valence-electron chi connectivity index (χ4n) is 2.83. The molecular formula is C20H22N2O. The van der Waals surface area contributed by atoms with E-state index in [4.69, 9.17) is 11.3 Å². The van der Waals surface area contributed by atoms with Crippen LogP contribution in [0.3, 0.4) is 0 Å². The maximum atomic E-state index is 9.45. The minimum Gasteiger partial charge on any atom is -0.488 e. The van der Waals surface area contributed by atoms with Crippen molar-refractivity contribution in [3.8, 4) is 6.07 Å². The molecule has 0 N–H and O–H groups in total. The van der Waals surface area contributed by atoms with E-state index < -0.39 is 5.60 Å². The molecule has 0 spiro atoms. The summed E-state index contributed by atoms with van der Waals surface area (Å²) in [6.45, 7) is 14.9. The molecule has 0 aliphatic carbocycles. The van der Waals surface area contributed by atoms with Crippen LogP contribution in [0.1, 0.15) is 51.7 Å². The number of nitrogens with zero attached hydrogens (tertiary/aromatic N) is 2. The minimum atomic E-state index is -0.685. The first-order valence-electron chi connectivity index (χ1n) is 7.96. The largest absolute Gasteiger partial charge is 0.488 e. The molecule has 3 heteroatoms. The van der Waals surface area contributed by atoms with Crippen molar-refractivity contribution >= 4 is 0 Å². The van der Waals surface area contributed by atoms with Crippen LogP contribution in [0.2, 0.25) is 0 Å². The van der Waals surface area contributed by atoms with Gasteiger partial charge in [-0.15, -0.1) is 0 Å². The van der Waals surface area contributed by atoms with E-state index in [2.05, 4.69) is 42.1 Å². The lowest BCUT2D eigenvalue weighted by Gasteiger charge is -2.27. The van der Waals surface area contributed by atoms with Crippen LogP contribution in [-0.4, -0.2) is 0 Å². The van der Waals surface area contributed by atoms with Crippen LogP contribution in [0, 0.1) is 17.9 Å². The van der Waals surface area contributed by atoms with Crippen molar-refractivity contribution in [3.63, 3.8) is 0 Å². The van der Waals surface area contributed by atoms with Gasteiger partial charge in [0.15, 0.2) is 5.60 Å². The summed E-state index contributed by atoms with van der Waals surface area (Å²) in [5.41, 5.74) is 3.40. The Hall–Kier alpha value is -2.52. The summed E-state index contributed by atoms with van der Waals surface area (Å²) in [5.74, 6) is 0.414. The molecule has 0 saturated heterocycles. The van der Waals surface area contributed by atoms with Gasteiger partial charge >= 0.3 is 0 Å². The third-order valence-electron chi connectivity index (χ3n) is 4.56. The van der Waals surface area contributed by atoms with E-state index in [0.717, 1.165) is 17.6 Å². The summed E-state index contributed by atoms with van der Waals surface area (Å²) in [6, 6.07) is 10.6. The number of unbranched alkanes of at least 4 members (excludes halogenated alkanes) is 1. The van der Waals surface area contributed by atoms with Crippen molar-refractivity contribution in [2.75, 3.05) is 0 Å². The Balaban J connectivity index is 2.42. The lowest BCUT2D eigenvalue weighted by Crippen LogP contribution is -2.22. The van der Waals surface area contributed by atoms with Gasteiger partial charge in [0, 0.05) is 0 Å². The van der Waals surface area contributed by atoms with Gasteiger partial charge in [-0.3, -0.25) is 0 Å². The first kappa shape index (κ1) is 16.8. The Morgan fingerprint density at radius 3 is 2.52 bits per heavy atom. The van der Waals surface area contributed by atoms with Crippen molar-refractivity contribution < 1.29 is 4.74 Å². The predicted molar refractivity (Wildman–Crippen MR) is 91.1 cm³/mol. The molecule has 1 aliphatic rings. The Morgan fingerprint density at radius 1 is 1.35 bits per heavy atom. The Kier molecular flexibility index (Phi) is 4.92. The Morgan fingerprint density at radius 2 is 2.00 bits per heavy atom. The third-order valence-corrected chi connectivity index (χ3v) is 4.56. The van der Waals surface area contributed by atoms with Crippen molar-refractivity contribution in [3.05, 3.63) is 69.4 Å². The quantitative estimate of drug-likeness (QED) is 0.711. The van der Waals surface area contributed by atoms with Gasteiger partial charge in [0.2, 0.25) is 5.70 Å². The molecule has 0 aromatic heterocycles. The summed E-state index contributed by atoms with van der Waals surface area (Å²) in [4.78, 5) is 3.43. The van der Waals surface area contributed by atoms with Gasteiger partial charge in [0.05, 0.1) is 12.1 Å². The molecular weight excluding hydrogens is 284 g/mol. The second-order valence-corrected chi connectivity index (χ2v) is 6.07. The van der Waals surface area contributed by atoms with Crippen LogP contribution in [0.25, 0.3) is 4.85 Å². The molecule has 0 bridgehead atoms. The summed E-state index contributed by atoms with van der Waals surface area (Å²) < 4.78 is 6.09. The van der Waals surface area contributed by atoms with Crippen LogP contribution in [0.15, 0.2) is 46.9 Å². The number of ether oxygens (including phenoxy) is 1. The number of hydrogen-bond donors (Lipinski definition) is 0. The van der Waals surface area contributed by atoms with Crippen LogP contribution in [0.5, 0.6) is 0 Å². The van der Waals surface area contributed by atoms with Gasteiger partial charge in [0.1, 0.15) is 11.8 Å². The van der Waals surface area contributed by atoms with E-state index in [9.17, 15) is 5.26 Å². The van der Waals surface area contributed by atoms with E-state index in [1.165, 1.54) is 18.4 Å². The zero-order chi connectivity index (χ0) is 17.0. The van der Waals surface area contributed by atoms with Crippen molar-refractivity contribution in [2.24, 2.45) is 0 Å². The summed E-state index contributed by atoms with van der Waals surface area (Å²) >= 11 is 0. The SMILES string of the molecule is [C-]#[N+]/C(C)=C1\OC(C)(c2ccc(CCCC)cc2)C(C)=C1C#N. The van der Waals surface area contributed by atoms with Crippen molar-refractivity contribution in [2.45, 2.75) is 52.6 Å². The third kappa shape index (κ3) is 3.01. The number of nitriles is 1. The predicted octanol–water partition coefficient (Wildman–Crippen LogP) is 5.27. The van der Waals surface area contributed by atoms with Gasteiger partial charge in [-0.2, -0.15) is 5.26 Å². The maximum Gasteiger partial charge on any atom is 0.204 e. The molecule has 1 aliphatic heterocycles. The fraction of sp³-hybridized carbons (Fsp3) is 0.400. The number of allylic oxidation sites excluding steroid dienone is 2. The van der Waals surface area contributed by atoms with Crippen LogP contribution in [-0.2, 0) is 16.8 Å². The monoisotopic (exact) mass is 306 g/mol. The van der Waals surface area contributed by atoms with Gasteiger partial charge in [-0.1, -0.05) is 37.6 Å². The molecule has 1 aromatic carbocycles. The maximum absolute atomic E-state index is 9.45. The number of aryl methyl sites for hydroxylation is 1. The van der Waals surface area contributed by atoms with Crippen LogP contribution in [0.4, 0.5) is 0 Å². The number of benzene rings is 1.